The number of pyridine rings is 1. The Morgan fingerprint density at radius 3 is 2.30 bits per heavy atom. The molecule has 4 aromatic rings. The van der Waals surface area contributed by atoms with Gasteiger partial charge in [-0.2, -0.15) is 0 Å². The molecule has 0 radical (unpaired) electrons. The van der Waals surface area contributed by atoms with Crippen LogP contribution in [0.5, 0.6) is 0 Å². The lowest BCUT2D eigenvalue weighted by atomic mass is 10.0. The molecule has 5 rings (SSSR count). The van der Waals surface area contributed by atoms with Gasteiger partial charge in [0.05, 0.1) is 11.7 Å². The molecule has 1 N–H and O–H groups in total. The highest BCUT2D eigenvalue weighted by atomic mass is 79.9. The molecule has 0 unspecified atom stereocenters. The fourth-order valence-corrected chi connectivity index (χ4v) is 4.93. The third-order valence-corrected chi connectivity index (χ3v) is 6.77. The molecule has 0 saturated carbocycles. The second-order valence-electron chi connectivity index (χ2n) is 8.19. The molecular formula is C26H24BrN5S. The lowest BCUT2D eigenvalue weighted by Gasteiger charge is -2.29. The average molecular weight is 518 g/mol. The smallest absolute Gasteiger partial charge is 0.174 e. The van der Waals surface area contributed by atoms with Crippen molar-refractivity contribution in [2.45, 2.75) is 12.1 Å². The maximum atomic E-state index is 5.87. The fraction of sp³-hybridized carbons (Fsp3) is 0.154. The van der Waals surface area contributed by atoms with Crippen molar-refractivity contribution >= 4 is 44.6 Å². The molecule has 1 aliphatic rings. The maximum absolute atomic E-state index is 5.87. The van der Waals surface area contributed by atoms with E-state index in [1.807, 2.05) is 32.4 Å². The molecule has 33 heavy (non-hydrogen) atoms. The molecule has 7 heteroatoms. The lowest BCUT2D eigenvalue weighted by molar-refractivity contribution is 0.549. The Labute approximate surface area is 207 Å². The van der Waals surface area contributed by atoms with Crippen molar-refractivity contribution in [3.05, 3.63) is 107 Å². The summed E-state index contributed by atoms with van der Waals surface area (Å²) in [5.74, 6) is 0. The molecule has 1 aliphatic heterocycles. The number of benzene rings is 2. The predicted octanol–water partition coefficient (Wildman–Crippen LogP) is 5.88. The van der Waals surface area contributed by atoms with Crippen LogP contribution in [-0.2, 0) is 0 Å². The first-order chi connectivity index (χ1) is 16.0. The van der Waals surface area contributed by atoms with Crippen LogP contribution in [0.2, 0.25) is 0 Å². The topological polar surface area (TPSA) is 36.3 Å². The van der Waals surface area contributed by atoms with Gasteiger partial charge in [-0.25, -0.2) is 0 Å². The maximum Gasteiger partial charge on any atom is 0.174 e. The molecule has 2 aromatic carbocycles. The number of rotatable bonds is 5. The average Bonchev–Trinajstić information content (AvgIpc) is 3.44. The van der Waals surface area contributed by atoms with Gasteiger partial charge >= 0.3 is 0 Å². The van der Waals surface area contributed by atoms with Crippen LogP contribution in [0.1, 0.15) is 23.5 Å². The standard InChI is InChI=1S/C26H24BrN5S/c1-30(2)19-12-14-21(15-13-19)32-25(24(29-26(32)33)22-6-3-4-16-28-22)23-7-5-17-31(23)20-10-8-18(27)9-11-20/h3-17,24-25H,1-2H3,(H,29,33)/t24-,25-/m1/s1. The van der Waals surface area contributed by atoms with Gasteiger partial charge in [-0.05, 0) is 85.0 Å². The summed E-state index contributed by atoms with van der Waals surface area (Å²) in [6, 6.07) is 26.9. The molecule has 0 aliphatic carbocycles. The molecule has 0 amide bonds. The Morgan fingerprint density at radius 2 is 1.64 bits per heavy atom. The summed E-state index contributed by atoms with van der Waals surface area (Å²) in [6.07, 6.45) is 3.93. The van der Waals surface area contributed by atoms with Gasteiger partial charge in [0.1, 0.15) is 6.04 Å². The number of hydrogen-bond acceptors (Lipinski definition) is 3. The Balaban J connectivity index is 1.63. The van der Waals surface area contributed by atoms with Gasteiger partial charge in [0, 0.05) is 53.7 Å². The first kappa shape index (κ1) is 21.7. The third-order valence-electron chi connectivity index (χ3n) is 5.93. The summed E-state index contributed by atoms with van der Waals surface area (Å²) in [7, 11) is 4.09. The van der Waals surface area contributed by atoms with Crippen LogP contribution in [0.4, 0.5) is 11.4 Å². The highest BCUT2D eigenvalue weighted by Gasteiger charge is 2.42. The number of aromatic nitrogens is 2. The quantitative estimate of drug-likeness (QED) is 0.334. The highest BCUT2D eigenvalue weighted by Crippen LogP contribution is 2.42. The van der Waals surface area contributed by atoms with E-state index in [0.29, 0.717) is 5.11 Å². The summed E-state index contributed by atoms with van der Waals surface area (Å²) in [6.45, 7) is 0. The molecule has 1 saturated heterocycles. The Kier molecular flexibility index (Phi) is 5.91. The second-order valence-corrected chi connectivity index (χ2v) is 9.49. The predicted molar refractivity (Wildman–Crippen MR) is 142 cm³/mol. The highest BCUT2D eigenvalue weighted by molar-refractivity contribution is 9.10. The zero-order valence-electron chi connectivity index (χ0n) is 18.4. The fourth-order valence-electron chi connectivity index (χ4n) is 4.32. The van der Waals surface area contributed by atoms with Gasteiger partial charge in [-0.3, -0.25) is 4.98 Å². The van der Waals surface area contributed by atoms with E-state index >= 15 is 0 Å². The van der Waals surface area contributed by atoms with E-state index in [2.05, 4.69) is 114 Å². The van der Waals surface area contributed by atoms with E-state index < -0.39 is 0 Å². The van der Waals surface area contributed by atoms with Crippen LogP contribution in [0.3, 0.4) is 0 Å². The molecule has 2 aromatic heterocycles. The minimum absolute atomic E-state index is 0.0729. The van der Waals surface area contributed by atoms with Crippen molar-refractivity contribution in [2.75, 3.05) is 23.9 Å². The van der Waals surface area contributed by atoms with Crippen molar-refractivity contribution in [3.63, 3.8) is 0 Å². The SMILES string of the molecule is CN(C)c1ccc(N2C(=S)N[C@H](c3ccccn3)[C@H]2c2cccn2-c2ccc(Br)cc2)cc1. The van der Waals surface area contributed by atoms with E-state index in [0.717, 1.165) is 32.9 Å². The summed E-state index contributed by atoms with van der Waals surface area (Å²) in [5, 5.41) is 4.24. The number of hydrogen-bond donors (Lipinski definition) is 1. The van der Waals surface area contributed by atoms with Gasteiger partial charge in [0.25, 0.3) is 0 Å². The van der Waals surface area contributed by atoms with Crippen molar-refractivity contribution in [2.24, 2.45) is 0 Å². The molecule has 3 heterocycles. The van der Waals surface area contributed by atoms with Crippen molar-refractivity contribution in [1.82, 2.24) is 14.9 Å². The molecule has 0 spiro atoms. The minimum atomic E-state index is -0.0867. The van der Waals surface area contributed by atoms with Crippen LogP contribution in [0.15, 0.2) is 95.7 Å². The van der Waals surface area contributed by atoms with Crippen LogP contribution in [0, 0.1) is 0 Å². The van der Waals surface area contributed by atoms with E-state index in [9.17, 15) is 0 Å². The Bertz CT molecular complexity index is 1250. The monoisotopic (exact) mass is 517 g/mol. The first-order valence-electron chi connectivity index (χ1n) is 10.7. The molecule has 5 nitrogen and oxygen atoms in total. The van der Waals surface area contributed by atoms with Gasteiger partial charge in [-0.15, -0.1) is 0 Å². The lowest BCUT2D eigenvalue weighted by Crippen LogP contribution is -2.30. The van der Waals surface area contributed by atoms with E-state index in [1.165, 1.54) is 0 Å². The largest absolute Gasteiger partial charge is 0.378 e. The summed E-state index contributed by atoms with van der Waals surface area (Å²) in [4.78, 5) is 8.97. The van der Waals surface area contributed by atoms with E-state index in [-0.39, 0.29) is 12.1 Å². The number of nitrogens with zero attached hydrogens (tertiary/aromatic N) is 4. The van der Waals surface area contributed by atoms with Crippen LogP contribution >= 0.6 is 28.1 Å². The van der Waals surface area contributed by atoms with Gasteiger partial charge in [0.15, 0.2) is 5.11 Å². The first-order valence-corrected chi connectivity index (χ1v) is 11.9. The number of halogens is 1. The Morgan fingerprint density at radius 1 is 0.909 bits per heavy atom. The molecule has 1 fully saturated rings. The number of anilines is 2. The summed E-state index contributed by atoms with van der Waals surface area (Å²) < 4.78 is 3.28. The van der Waals surface area contributed by atoms with Gasteiger partial charge in [0.2, 0.25) is 0 Å². The normalized spacial score (nSPS) is 17.8. The Hall–Kier alpha value is -3.16. The second kappa shape index (κ2) is 9.00. The van der Waals surface area contributed by atoms with Gasteiger partial charge < -0.3 is 19.7 Å². The zero-order valence-corrected chi connectivity index (χ0v) is 20.8. The van der Waals surface area contributed by atoms with Crippen LogP contribution < -0.4 is 15.1 Å². The minimum Gasteiger partial charge on any atom is -0.378 e. The molecular weight excluding hydrogens is 494 g/mol. The van der Waals surface area contributed by atoms with E-state index in [4.69, 9.17) is 12.2 Å². The number of thiocarbonyl (C=S) groups is 1. The summed E-state index contributed by atoms with van der Waals surface area (Å²) >= 11 is 9.41. The molecule has 2 atom stereocenters. The van der Waals surface area contributed by atoms with Crippen molar-refractivity contribution in [3.8, 4) is 5.69 Å². The third kappa shape index (κ3) is 4.14. The van der Waals surface area contributed by atoms with Gasteiger partial charge in [-0.1, -0.05) is 22.0 Å². The zero-order chi connectivity index (χ0) is 22.9. The molecule has 166 valence electrons. The van der Waals surface area contributed by atoms with Crippen LogP contribution in [0.25, 0.3) is 5.69 Å². The van der Waals surface area contributed by atoms with Crippen molar-refractivity contribution in [1.29, 1.82) is 0 Å². The molecule has 0 bridgehead atoms. The number of nitrogens with one attached hydrogen (secondary N) is 1. The van der Waals surface area contributed by atoms with Crippen LogP contribution in [-0.4, -0.2) is 28.8 Å². The van der Waals surface area contributed by atoms with Crippen molar-refractivity contribution < 1.29 is 0 Å². The van der Waals surface area contributed by atoms with E-state index in [1.54, 1.807) is 0 Å². The summed E-state index contributed by atoms with van der Waals surface area (Å²) in [5.41, 5.74) is 5.38.